The van der Waals surface area contributed by atoms with Gasteiger partial charge in [0.1, 0.15) is 12.4 Å². The van der Waals surface area contributed by atoms with Crippen LogP contribution in [0.15, 0.2) is 18.2 Å². The minimum absolute atomic E-state index is 0.0854. The predicted octanol–water partition coefficient (Wildman–Crippen LogP) is 1.56. The van der Waals surface area contributed by atoms with Gasteiger partial charge in [-0.1, -0.05) is 19.9 Å². The molecule has 0 saturated heterocycles. The van der Waals surface area contributed by atoms with Gasteiger partial charge < -0.3 is 16.2 Å². The molecule has 1 atom stereocenters. The van der Waals surface area contributed by atoms with Crippen molar-refractivity contribution in [2.45, 2.75) is 26.3 Å². The van der Waals surface area contributed by atoms with Crippen molar-refractivity contribution in [1.82, 2.24) is 0 Å². The SMILES string of the molecule is CC.Nc1cccc2c1CC(N)CO2. The van der Waals surface area contributed by atoms with Crippen LogP contribution in [0, 0.1) is 0 Å². The molecule has 0 aromatic heterocycles. The number of nitrogen functional groups attached to an aromatic ring is 1. The zero-order valence-electron chi connectivity index (χ0n) is 8.79. The van der Waals surface area contributed by atoms with Crippen molar-refractivity contribution in [1.29, 1.82) is 0 Å². The van der Waals surface area contributed by atoms with Gasteiger partial charge >= 0.3 is 0 Å². The van der Waals surface area contributed by atoms with Gasteiger partial charge in [-0.3, -0.25) is 0 Å². The highest BCUT2D eigenvalue weighted by Crippen LogP contribution is 2.28. The molecule has 3 heteroatoms. The smallest absolute Gasteiger partial charge is 0.124 e. The van der Waals surface area contributed by atoms with Crippen LogP contribution in [0.1, 0.15) is 19.4 Å². The number of benzene rings is 1. The Morgan fingerprint density at radius 3 is 2.79 bits per heavy atom. The first-order valence-electron chi connectivity index (χ1n) is 5.03. The number of rotatable bonds is 0. The maximum Gasteiger partial charge on any atom is 0.124 e. The van der Waals surface area contributed by atoms with Crippen LogP contribution >= 0.6 is 0 Å². The Labute approximate surface area is 85.0 Å². The van der Waals surface area contributed by atoms with Crippen LogP contribution in [0.5, 0.6) is 5.75 Å². The monoisotopic (exact) mass is 194 g/mol. The van der Waals surface area contributed by atoms with Crippen molar-refractivity contribution >= 4 is 5.69 Å². The minimum atomic E-state index is 0.0854. The van der Waals surface area contributed by atoms with Crippen LogP contribution in [0.3, 0.4) is 0 Å². The Bertz CT molecular complexity index is 299. The summed E-state index contributed by atoms with van der Waals surface area (Å²) in [6, 6.07) is 5.78. The number of ether oxygens (including phenoxy) is 1. The molecule has 2 rings (SSSR count). The number of anilines is 1. The molecule has 0 amide bonds. The van der Waals surface area contributed by atoms with E-state index in [0.717, 1.165) is 23.4 Å². The fourth-order valence-corrected chi connectivity index (χ4v) is 1.45. The first-order chi connectivity index (χ1) is 6.77. The molecule has 1 aromatic carbocycles. The molecule has 4 N–H and O–H groups in total. The Morgan fingerprint density at radius 2 is 2.07 bits per heavy atom. The normalized spacial score (nSPS) is 18.6. The number of nitrogens with two attached hydrogens (primary N) is 2. The molecule has 78 valence electrons. The van der Waals surface area contributed by atoms with Crippen LogP contribution in [0.25, 0.3) is 0 Å². The second-order valence-corrected chi connectivity index (χ2v) is 3.10. The summed E-state index contributed by atoms with van der Waals surface area (Å²) in [4.78, 5) is 0. The van der Waals surface area contributed by atoms with Crippen molar-refractivity contribution in [3.63, 3.8) is 0 Å². The molecular formula is C11H18N2O. The van der Waals surface area contributed by atoms with E-state index in [0.29, 0.717) is 6.61 Å². The lowest BCUT2D eigenvalue weighted by molar-refractivity contribution is 0.264. The van der Waals surface area contributed by atoms with E-state index in [2.05, 4.69) is 0 Å². The predicted molar refractivity (Wildman–Crippen MR) is 59.4 cm³/mol. The molecule has 0 aliphatic carbocycles. The third-order valence-electron chi connectivity index (χ3n) is 2.09. The van der Waals surface area contributed by atoms with E-state index in [1.54, 1.807) is 0 Å². The Kier molecular flexibility index (Phi) is 3.77. The lowest BCUT2D eigenvalue weighted by atomic mass is 10.0. The second kappa shape index (κ2) is 4.86. The van der Waals surface area contributed by atoms with E-state index in [1.807, 2.05) is 32.0 Å². The van der Waals surface area contributed by atoms with Crippen LogP contribution in [-0.4, -0.2) is 12.6 Å². The Balaban J connectivity index is 0.000000461. The third kappa shape index (κ3) is 2.17. The van der Waals surface area contributed by atoms with Gasteiger partial charge in [0.05, 0.1) is 0 Å². The first kappa shape index (κ1) is 10.9. The first-order valence-corrected chi connectivity index (χ1v) is 5.03. The van der Waals surface area contributed by atoms with Crippen molar-refractivity contribution in [3.8, 4) is 5.75 Å². The maximum atomic E-state index is 5.77. The van der Waals surface area contributed by atoms with E-state index >= 15 is 0 Å². The molecule has 0 fully saturated rings. The highest BCUT2D eigenvalue weighted by Gasteiger charge is 2.17. The summed E-state index contributed by atoms with van der Waals surface area (Å²) in [5, 5.41) is 0. The minimum Gasteiger partial charge on any atom is -0.492 e. The molecule has 0 radical (unpaired) electrons. The average Bonchev–Trinajstić information content (AvgIpc) is 2.22. The van der Waals surface area contributed by atoms with Crippen LogP contribution in [0.2, 0.25) is 0 Å². The van der Waals surface area contributed by atoms with E-state index in [-0.39, 0.29) is 6.04 Å². The highest BCUT2D eigenvalue weighted by atomic mass is 16.5. The van der Waals surface area contributed by atoms with Crippen LogP contribution < -0.4 is 16.2 Å². The summed E-state index contributed by atoms with van der Waals surface area (Å²) in [6.07, 6.45) is 0.821. The van der Waals surface area contributed by atoms with E-state index in [4.69, 9.17) is 16.2 Å². The summed E-state index contributed by atoms with van der Waals surface area (Å²) >= 11 is 0. The van der Waals surface area contributed by atoms with Crippen molar-refractivity contribution in [3.05, 3.63) is 23.8 Å². The summed E-state index contributed by atoms with van der Waals surface area (Å²) in [7, 11) is 0. The molecular weight excluding hydrogens is 176 g/mol. The molecule has 0 spiro atoms. The van der Waals surface area contributed by atoms with E-state index in [1.165, 1.54) is 0 Å². The van der Waals surface area contributed by atoms with Crippen LogP contribution in [-0.2, 0) is 6.42 Å². The standard InChI is InChI=1S/C9H12N2O.C2H6/c10-6-4-7-8(11)2-1-3-9(7)12-5-6;1-2/h1-3,6H,4-5,10-11H2;1-2H3. The summed E-state index contributed by atoms with van der Waals surface area (Å²) < 4.78 is 5.41. The molecule has 0 bridgehead atoms. The largest absolute Gasteiger partial charge is 0.492 e. The van der Waals surface area contributed by atoms with Crippen molar-refractivity contribution in [2.24, 2.45) is 5.73 Å². The van der Waals surface area contributed by atoms with Crippen molar-refractivity contribution in [2.75, 3.05) is 12.3 Å². The second-order valence-electron chi connectivity index (χ2n) is 3.10. The van der Waals surface area contributed by atoms with Gasteiger partial charge in [0.25, 0.3) is 0 Å². The lowest BCUT2D eigenvalue weighted by Crippen LogP contribution is -2.34. The van der Waals surface area contributed by atoms with Crippen LogP contribution in [0.4, 0.5) is 5.69 Å². The molecule has 0 saturated carbocycles. The summed E-state index contributed by atoms with van der Waals surface area (Å²) in [5.74, 6) is 0.886. The van der Waals surface area contributed by atoms with E-state index < -0.39 is 0 Å². The number of hydrogen-bond acceptors (Lipinski definition) is 3. The summed E-state index contributed by atoms with van der Waals surface area (Å²) in [5.41, 5.74) is 13.3. The van der Waals surface area contributed by atoms with Gasteiger partial charge in [0.2, 0.25) is 0 Å². The third-order valence-corrected chi connectivity index (χ3v) is 2.09. The average molecular weight is 194 g/mol. The molecule has 1 aliphatic heterocycles. The van der Waals surface area contributed by atoms with Gasteiger partial charge in [-0.05, 0) is 18.6 Å². The van der Waals surface area contributed by atoms with Gasteiger partial charge in [-0.25, -0.2) is 0 Å². The molecule has 1 aliphatic rings. The van der Waals surface area contributed by atoms with Gasteiger partial charge in [-0.2, -0.15) is 0 Å². The Hall–Kier alpha value is -1.22. The fraction of sp³-hybridized carbons (Fsp3) is 0.455. The van der Waals surface area contributed by atoms with Gasteiger partial charge in [0, 0.05) is 17.3 Å². The highest BCUT2D eigenvalue weighted by molar-refractivity contribution is 5.55. The molecule has 1 aromatic rings. The lowest BCUT2D eigenvalue weighted by Gasteiger charge is -2.23. The zero-order chi connectivity index (χ0) is 10.6. The fourth-order valence-electron chi connectivity index (χ4n) is 1.45. The zero-order valence-corrected chi connectivity index (χ0v) is 8.79. The topological polar surface area (TPSA) is 61.3 Å². The van der Waals surface area contributed by atoms with Gasteiger partial charge in [-0.15, -0.1) is 0 Å². The number of hydrogen-bond donors (Lipinski definition) is 2. The molecule has 1 heterocycles. The van der Waals surface area contributed by atoms with Gasteiger partial charge in [0.15, 0.2) is 0 Å². The summed E-state index contributed by atoms with van der Waals surface area (Å²) in [6.45, 7) is 4.59. The van der Waals surface area contributed by atoms with E-state index in [9.17, 15) is 0 Å². The van der Waals surface area contributed by atoms with Crippen molar-refractivity contribution < 1.29 is 4.74 Å². The molecule has 14 heavy (non-hydrogen) atoms. The molecule has 1 unspecified atom stereocenters. The quantitative estimate of drug-likeness (QED) is 0.616. The Morgan fingerprint density at radius 1 is 1.36 bits per heavy atom. The maximum absolute atomic E-state index is 5.77. The molecule has 3 nitrogen and oxygen atoms in total. The number of fused-ring (bicyclic) bond motifs is 1.